The van der Waals surface area contributed by atoms with Crippen molar-refractivity contribution in [2.75, 3.05) is 19.8 Å². The second-order valence-corrected chi connectivity index (χ2v) is 4.42. The Morgan fingerprint density at radius 2 is 2.15 bits per heavy atom. The van der Waals surface area contributed by atoms with Gasteiger partial charge in [0, 0.05) is 6.61 Å². The van der Waals surface area contributed by atoms with E-state index < -0.39 is 4.33 Å². The molecule has 1 rings (SSSR count). The van der Waals surface area contributed by atoms with Gasteiger partial charge in [-0.1, -0.05) is 0 Å². The summed E-state index contributed by atoms with van der Waals surface area (Å²) in [6.07, 6.45) is 0.490. The fourth-order valence-corrected chi connectivity index (χ4v) is 1.40. The van der Waals surface area contributed by atoms with Crippen LogP contribution in [0.1, 0.15) is 13.3 Å². The molecule has 1 aliphatic rings. The SMILES string of the molecule is CCOCCOC(=O)C1CC1(Cl)Cl. The topological polar surface area (TPSA) is 35.5 Å². The Labute approximate surface area is 87.3 Å². The Morgan fingerprint density at radius 1 is 1.54 bits per heavy atom. The summed E-state index contributed by atoms with van der Waals surface area (Å²) in [5.41, 5.74) is 0. The van der Waals surface area contributed by atoms with Crippen LogP contribution in [0, 0.1) is 5.92 Å². The lowest BCUT2D eigenvalue weighted by molar-refractivity contribution is -0.146. The highest BCUT2D eigenvalue weighted by Crippen LogP contribution is 2.53. The first-order valence-corrected chi connectivity index (χ1v) is 4.95. The fraction of sp³-hybridized carbons (Fsp3) is 0.875. The molecule has 1 atom stereocenters. The van der Waals surface area contributed by atoms with Gasteiger partial charge in [-0.3, -0.25) is 4.79 Å². The highest BCUT2D eigenvalue weighted by atomic mass is 35.5. The lowest BCUT2D eigenvalue weighted by Crippen LogP contribution is -2.14. The fourth-order valence-electron chi connectivity index (χ4n) is 0.915. The molecule has 5 heteroatoms. The number of ether oxygens (including phenoxy) is 2. The molecule has 0 amide bonds. The highest BCUT2D eigenvalue weighted by Gasteiger charge is 2.57. The van der Waals surface area contributed by atoms with Crippen LogP contribution in [-0.2, 0) is 14.3 Å². The molecule has 1 unspecified atom stereocenters. The number of rotatable bonds is 5. The van der Waals surface area contributed by atoms with Gasteiger partial charge < -0.3 is 9.47 Å². The third-order valence-corrected chi connectivity index (χ3v) is 2.62. The zero-order valence-electron chi connectivity index (χ0n) is 7.39. The maximum atomic E-state index is 11.1. The van der Waals surface area contributed by atoms with E-state index in [1.54, 1.807) is 0 Å². The molecule has 3 nitrogen and oxygen atoms in total. The quantitative estimate of drug-likeness (QED) is 0.408. The molecule has 0 bridgehead atoms. The Hall–Kier alpha value is 0.01000. The molecule has 1 aliphatic carbocycles. The first-order chi connectivity index (χ1) is 6.08. The molecular formula is C8H12Cl2O3. The van der Waals surface area contributed by atoms with Crippen molar-refractivity contribution < 1.29 is 14.3 Å². The molecule has 1 saturated carbocycles. The van der Waals surface area contributed by atoms with E-state index in [1.165, 1.54) is 0 Å². The van der Waals surface area contributed by atoms with E-state index in [1.807, 2.05) is 6.92 Å². The molecule has 0 aliphatic heterocycles. The predicted molar refractivity (Wildman–Crippen MR) is 50.0 cm³/mol. The minimum atomic E-state index is -0.886. The summed E-state index contributed by atoms with van der Waals surface area (Å²) in [6, 6.07) is 0. The van der Waals surface area contributed by atoms with Crippen LogP contribution in [0.15, 0.2) is 0 Å². The van der Waals surface area contributed by atoms with Crippen LogP contribution in [0.25, 0.3) is 0 Å². The van der Waals surface area contributed by atoms with E-state index in [9.17, 15) is 4.79 Å². The Morgan fingerprint density at radius 3 is 2.62 bits per heavy atom. The first-order valence-electron chi connectivity index (χ1n) is 4.20. The molecule has 0 radical (unpaired) electrons. The number of hydrogen-bond donors (Lipinski definition) is 0. The van der Waals surface area contributed by atoms with E-state index in [-0.39, 0.29) is 18.5 Å². The van der Waals surface area contributed by atoms with Crippen LogP contribution >= 0.6 is 23.2 Å². The average Bonchev–Trinajstić information content (AvgIpc) is 2.69. The second-order valence-electron chi connectivity index (χ2n) is 2.88. The number of esters is 1. The van der Waals surface area contributed by atoms with Gasteiger partial charge in [-0.25, -0.2) is 0 Å². The Balaban J connectivity index is 2.06. The zero-order chi connectivity index (χ0) is 9.90. The second kappa shape index (κ2) is 4.49. The molecule has 1 fully saturated rings. The van der Waals surface area contributed by atoms with Gasteiger partial charge in [-0.2, -0.15) is 0 Å². The lowest BCUT2D eigenvalue weighted by Gasteiger charge is -2.04. The van der Waals surface area contributed by atoms with Crippen molar-refractivity contribution >= 4 is 29.2 Å². The predicted octanol–water partition coefficient (Wildman–Crippen LogP) is 1.76. The Bertz CT molecular complexity index is 194. The summed E-state index contributed by atoms with van der Waals surface area (Å²) < 4.78 is 8.98. The lowest BCUT2D eigenvalue weighted by atomic mass is 10.4. The van der Waals surface area contributed by atoms with Crippen LogP contribution < -0.4 is 0 Å². The highest BCUT2D eigenvalue weighted by molar-refractivity contribution is 6.52. The molecule has 13 heavy (non-hydrogen) atoms. The zero-order valence-corrected chi connectivity index (χ0v) is 8.90. The van der Waals surface area contributed by atoms with Crippen LogP contribution in [0.3, 0.4) is 0 Å². The molecule has 76 valence electrons. The van der Waals surface area contributed by atoms with Gasteiger partial charge >= 0.3 is 5.97 Å². The van der Waals surface area contributed by atoms with Gasteiger partial charge in [0.2, 0.25) is 0 Å². The molecule has 0 heterocycles. The average molecular weight is 227 g/mol. The van der Waals surface area contributed by atoms with Crippen LogP contribution in [-0.4, -0.2) is 30.1 Å². The van der Waals surface area contributed by atoms with Crippen molar-refractivity contribution in [3.05, 3.63) is 0 Å². The van der Waals surface area contributed by atoms with E-state index in [0.717, 1.165) is 0 Å². The molecular weight excluding hydrogens is 215 g/mol. The van der Waals surface area contributed by atoms with Crippen LogP contribution in [0.4, 0.5) is 0 Å². The third kappa shape index (κ3) is 3.33. The van der Waals surface area contributed by atoms with Gasteiger partial charge in [0.1, 0.15) is 10.9 Å². The van der Waals surface area contributed by atoms with Crippen LogP contribution in [0.5, 0.6) is 0 Å². The van der Waals surface area contributed by atoms with E-state index in [0.29, 0.717) is 19.6 Å². The normalized spacial score (nSPS) is 24.1. The van der Waals surface area contributed by atoms with Crippen LogP contribution in [0.2, 0.25) is 0 Å². The van der Waals surface area contributed by atoms with E-state index >= 15 is 0 Å². The van der Waals surface area contributed by atoms with Crippen molar-refractivity contribution in [1.29, 1.82) is 0 Å². The molecule has 0 spiro atoms. The Kier molecular flexibility index (Phi) is 3.83. The maximum Gasteiger partial charge on any atom is 0.312 e. The number of hydrogen-bond acceptors (Lipinski definition) is 3. The van der Waals surface area contributed by atoms with Gasteiger partial charge in [0.15, 0.2) is 0 Å². The molecule has 0 aromatic carbocycles. The minimum absolute atomic E-state index is 0.271. The number of halogens is 2. The smallest absolute Gasteiger partial charge is 0.312 e. The molecule has 0 aromatic heterocycles. The van der Waals surface area contributed by atoms with Gasteiger partial charge in [0.05, 0.1) is 12.5 Å². The summed E-state index contributed by atoms with van der Waals surface area (Å²) in [5.74, 6) is -0.679. The van der Waals surface area contributed by atoms with Crippen molar-refractivity contribution in [1.82, 2.24) is 0 Å². The van der Waals surface area contributed by atoms with Gasteiger partial charge in [-0.05, 0) is 13.3 Å². The monoisotopic (exact) mass is 226 g/mol. The number of carbonyl (C=O) groups excluding carboxylic acids is 1. The van der Waals surface area contributed by atoms with Crippen molar-refractivity contribution in [3.8, 4) is 0 Å². The van der Waals surface area contributed by atoms with Crippen molar-refractivity contribution in [2.45, 2.75) is 17.7 Å². The number of alkyl halides is 2. The molecule has 0 N–H and O–H groups in total. The maximum absolute atomic E-state index is 11.1. The summed E-state index contributed by atoms with van der Waals surface area (Å²) >= 11 is 11.4. The standard InChI is InChI=1S/C8H12Cl2O3/c1-2-12-3-4-13-7(11)6-5-8(6,9)10/h6H,2-5H2,1H3. The van der Waals surface area contributed by atoms with E-state index in [4.69, 9.17) is 32.7 Å². The third-order valence-electron chi connectivity index (χ3n) is 1.79. The summed E-state index contributed by atoms with van der Waals surface area (Å²) in [6.45, 7) is 3.20. The van der Waals surface area contributed by atoms with Gasteiger partial charge in [-0.15, -0.1) is 23.2 Å². The molecule has 0 aromatic rings. The van der Waals surface area contributed by atoms with Crippen molar-refractivity contribution in [3.63, 3.8) is 0 Å². The number of carbonyl (C=O) groups is 1. The first kappa shape index (κ1) is 11.1. The van der Waals surface area contributed by atoms with E-state index in [2.05, 4.69) is 0 Å². The molecule has 0 saturated heterocycles. The summed E-state index contributed by atoms with van der Waals surface area (Å²) in [7, 11) is 0. The van der Waals surface area contributed by atoms with Crippen molar-refractivity contribution in [2.24, 2.45) is 5.92 Å². The minimum Gasteiger partial charge on any atom is -0.463 e. The summed E-state index contributed by atoms with van der Waals surface area (Å²) in [5, 5.41) is 0. The summed E-state index contributed by atoms with van der Waals surface area (Å²) in [4.78, 5) is 11.1. The van der Waals surface area contributed by atoms with Gasteiger partial charge in [0.25, 0.3) is 0 Å². The largest absolute Gasteiger partial charge is 0.463 e.